The van der Waals surface area contributed by atoms with E-state index in [4.69, 9.17) is 9.84 Å². The Balaban J connectivity index is 3.10. The van der Waals surface area contributed by atoms with Crippen LogP contribution >= 0.6 is 0 Å². The third-order valence-electron chi connectivity index (χ3n) is 1.98. The van der Waals surface area contributed by atoms with Crippen LogP contribution in [0.4, 0.5) is 0 Å². The van der Waals surface area contributed by atoms with Gasteiger partial charge in [-0.3, -0.25) is 0 Å². The molecule has 0 heterocycles. The van der Waals surface area contributed by atoms with E-state index in [0.29, 0.717) is 12.4 Å². The summed E-state index contributed by atoms with van der Waals surface area (Å²) >= 11 is 0. The number of hydrogen-bond acceptors (Lipinski definition) is 2. The quantitative estimate of drug-likeness (QED) is 0.800. The summed E-state index contributed by atoms with van der Waals surface area (Å²) in [5.74, 6) is -0.490. The van der Waals surface area contributed by atoms with Crippen molar-refractivity contribution in [2.45, 2.75) is 20.3 Å². The van der Waals surface area contributed by atoms with Crippen molar-refractivity contribution in [3.05, 3.63) is 29.3 Å². The van der Waals surface area contributed by atoms with Gasteiger partial charge in [-0.1, -0.05) is 13.0 Å². The minimum atomic E-state index is -0.948. The molecule has 76 valence electrons. The molecular weight excluding hydrogens is 180 g/mol. The Hall–Kier alpha value is -1.51. The highest BCUT2D eigenvalue weighted by molar-refractivity contribution is 5.90. The summed E-state index contributed by atoms with van der Waals surface area (Å²) in [7, 11) is 0. The van der Waals surface area contributed by atoms with Crippen molar-refractivity contribution in [1.82, 2.24) is 0 Å². The zero-order valence-corrected chi connectivity index (χ0v) is 8.41. The number of carbonyl (C=O) groups is 1. The lowest BCUT2D eigenvalue weighted by molar-refractivity contribution is 0.0692. The lowest BCUT2D eigenvalue weighted by Crippen LogP contribution is -2.03. The fourth-order valence-corrected chi connectivity index (χ4v) is 1.24. The van der Waals surface area contributed by atoms with Gasteiger partial charge in [-0.25, -0.2) is 4.79 Å². The van der Waals surface area contributed by atoms with E-state index < -0.39 is 5.97 Å². The van der Waals surface area contributed by atoms with Gasteiger partial charge in [0.1, 0.15) is 11.3 Å². The van der Waals surface area contributed by atoms with Crippen molar-refractivity contribution >= 4 is 5.97 Å². The molecule has 3 nitrogen and oxygen atoms in total. The summed E-state index contributed by atoms with van der Waals surface area (Å²) in [4.78, 5) is 10.8. The number of carboxylic acids is 1. The Morgan fingerprint density at radius 1 is 1.43 bits per heavy atom. The number of aromatic carboxylic acids is 1. The van der Waals surface area contributed by atoms with E-state index >= 15 is 0 Å². The van der Waals surface area contributed by atoms with Crippen LogP contribution in [0.25, 0.3) is 0 Å². The normalized spacial score (nSPS) is 9.86. The third kappa shape index (κ3) is 2.25. The van der Waals surface area contributed by atoms with Crippen LogP contribution < -0.4 is 4.74 Å². The van der Waals surface area contributed by atoms with E-state index in [1.54, 1.807) is 12.1 Å². The molecule has 0 aliphatic heterocycles. The minimum absolute atomic E-state index is 0.226. The largest absolute Gasteiger partial charge is 0.493 e. The number of ether oxygens (including phenoxy) is 1. The average molecular weight is 194 g/mol. The molecule has 0 aromatic heterocycles. The van der Waals surface area contributed by atoms with Gasteiger partial charge in [-0.15, -0.1) is 0 Å². The number of rotatable bonds is 4. The highest BCUT2D eigenvalue weighted by Gasteiger charge is 2.10. The maximum atomic E-state index is 10.8. The molecule has 0 unspecified atom stereocenters. The van der Waals surface area contributed by atoms with Gasteiger partial charge >= 0.3 is 5.97 Å². The van der Waals surface area contributed by atoms with Crippen LogP contribution in [0.5, 0.6) is 5.75 Å². The second kappa shape index (κ2) is 4.65. The van der Waals surface area contributed by atoms with Crippen LogP contribution in [0, 0.1) is 0 Å². The van der Waals surface area contributed by atoms with E-state index in [1.165, 1.54) is 0 Å². The summed E-state index contributed by atoms with van der Waals surface area (Å²) in [6, 6.07) is 5.19. The molecule has 0 aliphatic rings. The van der Waals surface area contributed by atoms with Crippen LogP contribution in [0.15, 0.2) is 18.2 Å². The van der Waals surface area contributed by atoms with Gasteiger partial charge in [-0.2, -0.15) is 0 Å². The molecule has 1 aromatic rings. The van der Waals surface area contributed by atoms with Gasteiger partial charge in [0.05, 0.1) is 6.61 Å². The summed E-state index contributed by atoms with van der Waals surface area (Å²) in [6.45, 7) is 4.34. The Morgan fingerprint density at radius 2 is 2.14 bits per heavy atom. The maximum Gasteiger partial charge on any atom is 0.339 e. The topological polar surface area (TPSA) is 46.5 Å². The fourth-order valence-electron chi connectivity index (χ4n) is 1.24. The van der Waals surface area contributed by atoms with Crippen molar-refractivity contribution in [2.24, 2.45) is 0 Å². The third-order valence-corrected chi connectivity index (χ3v) is 1.98. The molecule has 0 saturated carbocycles. The molecule has 1 aromatic carbocycles. The lowest BCUT2D eigenvalue weighted by Gasteiger charge is -2.08. The molecular formula is C11H14O3. The lowest BCUT2D eigenvalue weighted by atomic mass is 10.1. The summed E-state index contributed by atoms with van der Waals surface area (Å²) in [6.07, 6.45) is 0.875. The molecule has 0 atom stereocenters. The van der Waals surface area contributed by atoms with Gasteiger partial charge in [0.2, 0.25) is 0 Å². The Bertz CT molecular complexity index is 331. The molecule has 0 spiro atoms. The molecule has 0 saturated heterocycles. The predicted molar refractivity (Wildman–Crippen MR) is 53.9 cm³/mol. The summed E-state index contributed by atoms with van der Waals surface area (Å²) in [5, 5.41) is 8.88. The number of benzene rings is 1. The first-order valence-corrected chi connectivity index (χ1v) is 4.68. The first-order valence-electron chi connectivity index (χ1n) is 4.68. The smallest absolute Gasteiger partial charge is 0.339 e. The number of carboxylic acid groups (broad SMARTS) is 1. The van der Waals surface area contributed by atoms with Crippen molar-refractivity contribution < 1.29 is 14.6 Å². The summed E-state index contributed by atoms with van der Waals surface area (Å²) < 4.78 is 5.26. The van der Waals surface area contributed by atoms with E-state index in [-0.39, 0.29) is 5.56 Å². The van der Waals surface area contributed by atoms with E-state index in [9.17, 15) is 4.79 Å². The first-order chi connectivity index (χ1) is 6.69. The van der Waals surface area contributed by atoms with Gasteiger partial charge in [0.15, 0.2) is 0 Å². The number of hydrogen-bond donors (Lipinski definition) is 1. The molecule has 14 heavy (non-hydrogen) atoms. The van der Waals surface area contributed by atoms with Gasteiger partial charge in [-0.05, 0) is 31.0 Å². The van der Waals surface area contributed by atoms with Crippen LogP contribution in [0.3, 0.4) is 0 Å². The molecule has 0 bridgehead atoms. The van der Waals surface area contributed by atoms with Crippen LogP contribution in [-0.2, 0) is 6.42 Å². The van der Waals surface area contributed by atoms with Crippen molar-refractivity contribution in [1.29, 1.82) is 0 Å². The van der Waals surface area contributed by atoms with Gasteiger partial charge in [0.25, 0.3) is 0 Å². The van der Waals surface area contributed by atoms with Crippen LogP contribution in [-0.4, -0.2) is 17.7 Å². The SMILES string of the molecule is CCOc1cc(CC)ccc1C(=O)O. The molecule has 1 N–H and O–H groups in total. The van der Waals surface area contributed by atoms with Gasteiger partial charge < -0.3 is 9.84 Å². The highest BCUT2D eigenvalue weighted by atomic mass is 16.5. The van der Waals surface area contributed by atoms with E-state index in [0.717, 1.165) is 12.0 Å². The maximum absolute atomic E-state index is 10.8. The predicted octanol–water partition coefficient (Wildman–Crippen LogP) is 2.35. The van der Waals surface area contributed by atoms with Crippen molar-refractivity contribution in [2.75, 3.05) is 6.61 Å². The van der Waals surface area contributed by atoms with Crippen molar-refractivity contribution in [3.8, 4) is 5.75 Å². The Morgan fingerprint density at radius 3 is 2.64 bits per heavy atom. The molecule has 0 aliphatic carbocycles. The molecule has 0 fully saturated rings. The zero-order chi connectivity index (χ0) is 10.6. The van der Waals surface area contributed by atoms with Crippen LogP contribution in [0.1, 0.15) is 29.8 Å². The van der Waals surface area contributed by atoms with Crippen LogP contribution in [0.2, 0.25) is 0 Å². The van der Waals surface area contributed by atoms with E-state index in [1.807, 2.05) is 19.9 Å². The molecule has 0 amide bonds. The fraction of sp³-hybridized carbons (Fsp3) is 0.364. The monoisotopic (exact) mass is 194 g/mol. The zero-order valence-electron chi connectivity index (χ0n) is 8.41. The molecule has 3 heteroatoms. The standard InChI is InChI=1S/C11H14O3/c1-3-8-5-6-9(11(12)13)10(7-8)14-4-2/h5-7H,3-4H2,1-2H3,(H,12,13). The Labute approximate surface area is 83.3 Å². The number of aryl methyl sites for hydroxylation is 1. The average Bonchev–Trinajstić information content (AvgIpc) is 2.17. The minimum Gasteiger partial charge on any atom is -0.493 e. The summed E-state index contributed by atoms with van der Waals surface area (Å²) in [5.41, 5.74) is 1.31. The first kappa shape index (κ1) is 10.6. The highest BCUT2D eigenvalue weighted by Crippen LogP contribution is 2.20. The van der Waals surface area contributed by atoms with Crippen molar-refractivity contribution in [3.63, 3.8) is 0 Å². The second-order valence-electron chi connectivity index (χ2n) is 2.92. The van der Waals surface area contributed by atoms with E-state index in [2.05, 4.69) is 0 Å². The van der Waals surface area contributed by atoms with Gasteiger partial charge in [0, 0.05) is 0 Å². The molecule has 1 rings (SSSR count). The second-order valence-corrected chi connectivity index (χ2v) is 2.92. The Kier molecular flexibility index (Phi) is 3.51. The molecule has 0 radical (unpaired) electrons.